The van der Waals surface area contributed by atoms with Gasteiger partial charge in [0.25, 0.3) is 6.43 Å². The van der Waals surface area contributed by atoms with Crippen LogP contribution in [0.4, 0.5) is 8.78 Å². The van der Waals surface area contributed by atoms with Crippen molar-refractivity contribution in [2.45, 2.75) is 89.8 Å². The second kappa shape index (κ2) is 6.15. The Morgan fingerprint density at radius 1 is 0.920 bits per heavy atom. The lowest BCUT2D eigenvalue weighted by molar-refractivity contribution is -0.160. The maximum atomic E-state index is 13.3. The topological polar surface area (TPSA) is 40.5 Å². The third-order valence-electron chi connectivity index (χ3n) is 9.11. The molecule has 0 aromatic carbocycles. The molecule has 0 bridgehead atoms. The maximum Gasteiger partial charge on any atom is 0.266 e. The Morgan fingerprint density at radius 2 is 1.64 bits per heavy atom. The van der Waals surface area contributed by atoms with Gasteiger partial charge >= 0.3 is 0 Å². The van der Waals surface area contributed by atoms with Crippen LogP contribution in [-0.4, -0.2) is 28.3 Å². The fourth-order valence-corrected chi connectivity index (χ4v) is 7.94. The van der Waals surface area contributed by atoms with E-state index in [1.807, 2.05) is 6.92 Å². The third-order valence-corrected chi connectivity index (χ3v) is 9.11. The van der Waals surface area contributed by atoms with Gasteiger partial charge in [-0.1, -0.05) is 6.92 Å². The minimum atomic E-state index is -2.61. The molecule has 4 aliphatic carbocycles. The standard InChI is InChI=1S/C21H34F2O2/c1-12(24)17-5-6-18-16-4-3-13-11-21(25,19(22)23)10-8-14(13)15(16)7-9-20(17,18)2/h12-19,24-25H,3-11H2,1-2H3/t12?,13-,14+,15-,16-,17-,18+,20-,21-/m1/s1. The second-order valence-electron chi connectivity index (χ2n) is 10.1. The van der Waals surface area contributed by atoms with Crippen LogP contribution in [0.2, 0.25) is 0 Å². The van der Waals surface area contributed by atoms with E-state index in [-0.39, 0.29) is 23.9 Å². The highest BCUT2D eigenvalue weighted by molar-refractivity contribution is 5.08. The minimum Gasteiger partial charge on any atom is -0.393 e. The molecule has 0 heterocycles. The minimum absolute atomic E-state index is 0.224. The highest BCUT2D eigenvalue weighted by Gasteiger charge is 2.59. The van der Waals surface area contributed by atoms with Crippen molar-refractivity contribution in [1.29, 1.82) is 0 Å². The van der Waals surface area contributed by atoms with Crippen LogP contribution in [0.25, 0.3) is 0 Å². The Bertz CT molecular complexity index is 510. The van der Waals surface area contributed by atoms with Crippen LogP contribution >= 0.6 is 0 Å². The fraction of sp³-hybridized carbons (Fsp3) is 1.00. The summed E-state index contributed by atoms with van der Waals surface area (Å²) in [6.45, 7) is 4.36. The highest BCUT2D eigenvalue weighted by Crippen LogP contribution is 2.65. The van der Waals surface area contributed by atoms with Crippen molar-refractivity contribution < 1.29 is 19.0 Å². The van der Waals surface area contributed by atoms with Gasteiger partial charge in [-0.25, -0.2) is 8.78 Å². The van der Waals surface area contributed by atoms with Crippen molar-refractivity contribution in [3.8, 4) is 0 Å². The summed E-state index contributed by atoms with van der Waals surface area (Å²) >= 11 is 0. The van der Waals surface area contributed by atoms with E-state index in [0.29, 0.717) is 36.0 Å². The van der Waals surface area contributed by atoms with E-state index in [1.54, 1.807) is 0 Å². The molecule has 4 saturated carbocycles. The van der Waals surface area contributed by atoms with Gasteiger partial charge in [0.15, 0.2) is 0 Å². The van der Waals surface area contributed by atoms with Crippen LogP contribution in [0.15, 0.2) is 0 Å². The Hall–Kier alpha value is -0.220. The normalized spacial score (nSPS) is 53.9. The van der Waals surface area contributed by atoms with Crippen LogP contribution < -0.4 is 0 Å². The average molecular weight is 356 g/mol. The molecule has 0 aromatic heterocycles. The zero-order valence-corrected chi connectivity index (χ0v) is 15.6. The first-order chi connectivity index (χ1) is 11.8. The maximum absolute atomic E-state index is 13.3. The van der Waals surface area contributed by atoms with Crippen molar-refractivity contribution in [3.05, 3.63) is 0 Å². The van der Waals surface area contributed by atoms with Crippen molar-refractivity contribution >= 4 is 0 Å². The van der Waals surface area contributed by atoms with Crippen molar-refractivity contribution in [3.63, 3.8) is 0 Å². The summed E-state index contributed by atoms with van der Waals surface area (Å²) in [7, 11) is 0. The van der Waals surface area contributed by atoms with Crippen molar-refractivity contribution in [2.75, 3.05) is 0 Å². The molecule has 4 fully saturated rings. The molecule has 0 saturated heterocycles. The third kappa shape index (κ3) is 2.69. The molecule has 0 aromatic rings. The first-order valence-electron chi connectivity index (χ1n) is 10.4. The number of hydrogen-bond donors (Lipinski definition) is 2. The lowest BCUT2D eigenvalue weighted by Gasteiger charge is -2.57. The lowest BCUT2D eigenvalue weighted by atomic mass is 9.49. The fourth-order valence-electron chi connectivity index (χ4n) is 7.94. The highest BCUT2D eigenvalue weighted by atomic mass is 19.3. The molecule has 4 heteroatoms. The Labute approximate surface area is 150 Å². The van der Waals surface area contributed by atoms with Gasteiger partial charge < -0.3 is 10.2 Å². The van der Waals surface area contributed by atoms with Crippen LogP contribution in [-0.2, 0) is 0 Å². The van der Waals surface area contributed by atoms with E-state index in [1.165, 1.54) is 19.3 Å². The van der Waals surface area contributed by atoms with Crippen molar-refractivity contribution in [2.24, 2.45) is 40.9 Å². The number of hydrogen-bond acceptors (Lipinski definition) is 2. The van der Waals surface area contributed by atoms with Crippen LogP contribution in [0.3, 0.4) is 0 Å². The molecule has 9 atom stereocenters. The number of rotatable bonds is 2. The molecule has 144 valence electrons. The lowest BCUT2D eigenvalue weighted by Crippen LogP contribution is -2.53. The molecular weight excluding hydrogens is 322 g/mol. The van der Waals surface area contributed by atoms with Crippen LogP contribution in [0.5, 0.6) is 0 Å². The zero-order valence-electron chi connectivity index (χ0n) is 15.6. The molecule has 1 unspecified atom stereocenters. The Morgan fingerprint density at radius 3 is 2.32 bits per heavy atom. The Balaban J connectivity index is 1.52. The van der Waals surface area contributed by atoms with Gasteiger partial charge in [0.05, 0.1) is 6.10 Å². The summed E-state index contributed by atoms with van der Waals surface area (Å²) < 4.78 is 26.5. The molecule has 0 spiro atoms. The molecule has 4 rings (SSSR count). The number of aliphatic hydroxyl groups is 2. The van der Waals surface area contributed by atoms with E-state index in [9.17, 15) is 19.0 Å². The first-order valence-corrected chi connectivity index (χ1v) is 10.4. The molecule has 25 heavy (non-hydrogen) atoms. The second-order valence-corrected chi connectivity index (χ2v) is 10.1. The summed E-state index contributed by atoms with van der Waals surface area (Å²) in [4.78, 5) is 0. The summed E-state index contributed by atoms with van der Waals surface area (Å²) in [5.41, 5.74) is -1.47. The molecule has 2 N–H and O–H groups in total. The smallest absolute Gasteiger partial charge is 0.266 e. The number of halogens is 2. The molecule has 0 radical (unpaired) electrons. The van der Waals surface area contributed by atoms with Gasteiger partial charge in [-0.15, -0.1) is 0 Å². The molecule has 0 aliphatic heterocycles. The zero-order chi connectivity index (χ0) is 18.0. The van der Waals surface area contributed by atoms with Gasteiger partial charge in [-0.2, -0.15) is 0 Å². The van der Waals surface area contributed by atoms with Gasteiger partial charge in [-0.05, 0) is 106 Å². The van der Waals surface area contributed by atoms with E-state index in [2.05, 4.69) is 6.92 Å². The summed E-state index contributed by atoms with van der Waals surface area (Å²) in [6.07, 6.45) is 5.39. The van der Waals surface area contributed by atoms with E-state index in [0.717, 1.165) is 25.7 Å². The van der Waals surface area contributed by atoms with E-state index >= 15 is 0 Å². The van der Waals surface area contributed by atoms with E-state index in [4.69, 9.17) is 0 Å². The van der Waals surface area contributed by atoms with E-state index < -0.39 is 12.0 Å². The van der Waals surface area contributed by atoms with Crippen LogP contribution in [0.1, 0.15) is 71.6 Å². The van der Waals surface area contributed by atoms with Gasteiger partial charge in [0.2, 0.25) is 0 Å². The SMILES string of the molecule is CC(O)[C@H]1CC[C@H]2[C@@H]3CC[C@@H]4C[C@@](O)(C(F)F)CC[C@@H]4[C@H]3CC[C@]12C. The molecule has 0 amide bonds. The van der Waals surface area contributed by atoms with Crippen LogP contribution in [0, 0.1) is 40.9 Å². The summed E-state index contributed by atoms with van der Waals surface area (Å²) in [5.74, 6) is 3.31. The Kier molecular flexibility index (Phi) is 4.47. The molecular formula is C21H34F2O2. The van der Waals surface area contributed by atoms with Gasteiger partial charge in [-0.3, -0.25) is 0 Å². The van der Waals surface area contributed by atoms with Gasteiger partial charge in [0.1, 0.15) is 5.60 Å². The monoisotopic (exact) mass is 356 g/mol. The number of aliphatic hydroxyl groups excluding tert-OH is 1. The summed E-state index contributed by atoms with van der Waals surface area (Å²) in [5, 5.41) is 20.5. The average Bonchev–Trinajstić information content (AvgIpc) is 2.91. The quantitative estimate of drug-likeness (QED) is 0.757. The van der Waals surface area contributed by atoms with Gasteiger partial charge in [0, 0.05) is 0 Å². The number of alkyl halides is 2. The first kappa shape index (κ1) is 18.2. The number of fused-ring (bicyclic) bond motifs is 5. The largest absolute Gasteiger partial charge is 0.393 e. The predicted octanol–water partition coefficient (Wildman–Crippen LogP) is 4.63. The molecule has 2 nitrogen and oxygen atoms in total. The molecule has 4 aliphatic rings. The predicted molar refractivity (Wildman–Crippen MR) is 93.2 cm³/mol. The summed E-state index contributed by atoms with van der Waals surface area (Å²) in [6, 6.07) is 0. The van der Waals surface area contributed by atoms with Crippen molar-refractivity contribution in [1.82, 2.24) is 0 Å².